The van der Waals surface area contributed by atoms with Crippen LogP contribution in [0.5, 0.6) is 0 Å². The normalized spacial score (nSPS) is 20.1. The molecule has 0 saturated carbocycles. The van der Waals surface area contributed by atoms with Crippen LogP contribution in [0.1, 0.15) is 38.7 Å². The first-order chi connectivity index (χ1) is 16.5. The van der Waals surface area contributed by atoms with Crippen molar-refractivity contribution in [3.05, 3.63) is 59.7 Å². The summed E-state index contributed by atoms with van der Waals surface area (Å²) in [7, 11) is -1.87. The van der Waals surface area contributed by atoms with E-state index in [4.69, 9.17) is 9.84 Å². The number of rotatable bonds is 10. The van der Waals surface area contributed by atoms with E-state index in [0.29, 0.717) is 24.3 Å². The van der Waals surface area contributed by atoms with Crippen LogP contribution in [-0.4, -0.2) is 52.1 Å². The summed E-state index contributed by atoms with van der Waals surface area (Å²) in [5, 5.41) is 8.87. The standard InChI is InChI=1S/C25H31F2N3O4S/c1-5-6-7-20-23(17-8-11-19(12-9-17)35(4,32)33)29-30(22-13-10-18(26)16-21(22)27)25(20,2)24(31)28-14-15-34-3/h8-13,16,20H,5-7,14-15H2,1-4H3,(H,28,31). The molecule has 1 heterocycles. The lowest BCUT2D eigenvalue weighted by Gasteiger charge is -2.37. The number of hydrazone groups is 1. The van der Waals surface area contributed by atoms with Crippen molar-refractivity contribution >= 4 is 27.1 Å². The Kier molecular flexibility index (Phi) is 8.27. The molecule has 2 atom stereocenters. The molecule has 10 heteroatoms. The minimum atomic E-state index is -3.39. The SMILES string of the molecule is CCCCC1C(c2ccc(S(C)(=O)=O)cc2)=NN(c2ccc(F)cc2F)C1(C)C(=O)NCCOC. The van der Waals surface area contributed by atoms with Crippen LogP contribution in [0.4, 0.5) is 14.5 Å². The van der Waals surface area contributed by atoms with Crippen molar-refractivity contribution in [1.82, 2.24) is 5.32 Å². The third-order valence-corrected chi connectivity index (χ3v) is 7.40. The number of carbonyl (C=O) groups is 1. The van der Waals surface area contributed by atoms with Crippen LogP contribution < -0.4 is 10.3 Å². The Morgan fingerprint density at radius 1 is 1.20 bits per heavy atom. The third kappa shape index (κ3) is 5.54. The number of unbranched alkanes of at least 4 members (excludes halogenated alkanes) is 1. The zero-order valence-corrected chi connectivity index (χ0v) is 21.2. The molecule has 1 amide bonds. The van der Waals surface area contributed by atoms with Crippen LogP contribution in [0.25, 0.3) is 0 Å². The zero-order valence-electron chi connectivity index (χ0n) is 20.3. The Labute approximate surface area is 205 Å². The van der Waals surface area contributed by atoms with Gasteiger partial charge >= 0.3 is 0 Å². The molecule has 2 unspecified atom stereocenters. The fourth-order valence-corrected chi connectivity index (χ4v) is 4.94. The number of carbonyl (C=O) groups excluding carboxylic acids is 1. The van der Waals surface area contributed by atoms with Crippen LogP contribution in [0, 0.1) is 17.6 Å². The summed E-state index contributed by atoms with van der Waals surface area (Å²) in [6.07, 6.45) is 3.35. The largest absolute Gasteiger partial charge is 0.383 e. The van der Waals surface area contributed by atoms with Gasteiger partial charge in [-0.3, -0.25) is 4.79 Å². The van der Waals surface area contributed by atoms with Crippen molar-refractivity contribution < 1.29 is 26.7 Å². The van der Waals surface area contributed by atoms with Gasteiger partial charge in [-0.05, 0) is 43.2 Å². The van der Waals surface area contributed by atoms with Gasteiger partial charge in [0.05, 0.1) is 22.9 Å². The molecule has 35 heavy (non-hydrogen) atoms. The molecule has 0 bridgehead atoms. The molecule has 190 valence electrons. The molecular formula is C25H31F2N3O4S. The van der Waals surface area contributed by atoms with Crippen LogP contribution >= 0.6 is 0 Å². The second-order valence-corrected chi connectivity index (χ2v) is 10.8. The van der Waals surface area contributed by atoms with Crippen molar-refractivity contribution in [2.75, 3.05) is 31.5 Å². The number of anilines is 1. The Balaban J connectivity index is 2.16. The Hall–Kier alpha value is -2.85. The summed E-state index contributed by atoms with van der Waals surface area (Å²) >= 11 is 0. The van der Waals surface area contributed by atoms with E-state index in [1.54, 1.807) is 19.1 Å². The maximum absolute atomic E-state index is 14.9. The lowest BCUT2D eigenvalue weighted by molar-refractivity contribution is -0.127. The average molecular weight is 508 g/mol. The van der Waals surface area contributed by atoms with E-state index in [-0.39, 0.29) is 23.0 Å². The van der Waals surface area contributed by atoms with E-state index in [1.807, 2.05) is 6.92 Å². The molecule has 1 aliphatic heterocycles. The predicted molar refractivity (Wildman–Crippen MR) is 131 cm³/mol. The summed E-state index contributed by atoms with van der Waals surface area (Å²) in [6.45, 7) is 4.27. The monoisotopic (exact) mass is 507 g/mol. The first kappa shape index (κ1) is 26.7. The minimum Gasteiger partial charge on any atom is -0.383 e. The molecule has 0 aromatic heterocycles. The average Bonchev–Trinajstić information content (AvgIpc) is 3.10. The molecule has 7 nitrogen and oxygen atoms in total. The van der Waals surface area contributed by atoms with E-state index >= 15 is 0 Å². The van der Waals surface area contributed by atoms with Gasteiger partial charge in [-0.15, -0.1) is 0 Å². The number of methoxy groups -OCH3 is 1. The van der Waals surface area contributed by atoms with Crippen molar-refractivity contribution in [3.63, 3.8) is 0 Å². The van der Waals surface area contributed by atoms with Gasteiger partial charge in [-0.2, -0.15) is 5.10 Å². The quantitative estimate of drug-likeness (QED) is 0.493. The van der Waals surface area contributed by atoms with Crippen LogP contribution in [0.3, 0.4) is 0 Å². The molecule has 0 aliphatic carbocycles. The molecule has 0 saturated heterocycles. The molecule has 0 radical (unpaired) electrons. The summed E-state index contributed by atoms with van der Waals surface area (Å²) in [5.74, 6) is -2.39. The van der Waals surface area contributed by atoms with E-state index < -0.39 is 32.9 Å². The molecule has 1 aliphatic rings. The molecule has 0 spiro atoms. The Bertz CT molecular complexity index is 1200. The molecule has 3 rings (SSSR count). The first-order valence-corrected chi connectivity index (χ1v) is 13.3. The van der Waals surface area contributed by atoms with Gasteiger partial charge < -0.3 is 10.1 Å². The van der Waals surface area contributed by atoms with Crippen molar-refractivity contribution in [2.45, 2.75) is 43.5 Å². The number of ether oxygens (including phenoxy) is 1. The van der Waals surface area contributed by atoms with Gasteiger partial charge in [0.15, 0.2) is 15.7 Å². The zero-order chi connectivity index (χ0) is 25.8. The topological polar surface area (TPSA) is 88.1 Å². The number of amides is 1. The number of hydrogen-bond donors (Lipinski definition) is 1. The van der Waals surface area contributed by atoms with E-state index in [9.17, 15) is 22.0 Å². The van der Waals surface area contributed by atoms with Crippen LogP contribution in [-0.2, 0) is 19.4 Å². The van der Waals surface area contributed by atoms with Gasteiger partial charge in [0.25, 0.3) is 0 Å². The van der Waals surface area contributed by atoms with Crippen LogP contribution in [0.15, 0.2) is 52.5 Å². The number of nitrogens with one attached hydrogen (secondary N) is 1. The number of sulfone groups is 1. The lowest BCUT2D eigenvalue weighted by atomic mass is 9.77. The summed E-state index contributed by atoms with van der Waals surface area (Å²) in [5.41, 5.74) is -0.196. The van der Waals surface area contributed by atoms with Crippen molar-refractivity contribution in [2.24, 2.45) is 11.0 Å². The molecule has 2 aromatic rings. The molecule has 1 N–H and O–H groups in total. The van der Waals surface area contributed by atoms with E-state index in [1.165, 1.54) is 30.3 Å². The second kappa shape index (κ2) is 10.8. The fourth-order valence-electron chi connectivity index (χ4n) is 4.31. The number of hydrogen-bond acceptors (Lipinski definition) is 6. The third-order valence-electron chi connectivity index (χ3n) is 6.27. The van der Waals surface area contributed by atoms with Gasteiger partial charge in [0.1, 0.15) is 11.4 Å². The summed E-state index contributed by atoms with van der Waals surface area (Å²) < 4.78 is 57.5. The number of benzene rings is 2. The highest BCUT2D eigenvalue weighted by Crippen LogP contribution is 2.42. The fraction of sp³-hybridized carbons (Fsp3) is 0.440. The van der Waals surface area contributed by atoms with E-state index in [2.05, 4.69) is 5.32 Å². The predicted octanol–water partition coefficient (Wildman–Crippen LogP) is 3.92. The van der Waals surface area contributed by atoms with Crippen molar-refractivity contribution in [1.29, 1.82) is 0 Å². The highest BCUT2D eigenvalue weighted by molar-refractivity contribution is 7.90. The molecular weight excluding hydrogens is 476 g/mol. The summed E-state index contributed by atoms with van der Waals surface area (Å²) in [4.78, 5) is 13.7. The number of halogens is 2. The number of nitrogens with zero attached hydrogens (tertiary/aromatic N) is 2. The van der Waals surface area contributed by atoms with Gasteiger partial charge in [0, 0.05) is 31.9 Å². The second-order valence-electron chi connectivity index (χ2n) is 8.78. The molecule has 0 fully saturated rings. The maximum Gasteiger partial charge on any atom is 0.248 e. The summed E-state index contributed by atoms with van der Waals surface area (Å²) in [6, 6.07) is 9.40. The lowest BCUT2D eigenvalue weighted by Crippen LogP contribution is -2.58. The Morgan fingerprint density at radius 2 is 1.89 bits per heavy atom. The first-order valence-electron chi connectivity index (χ1n) is 11.5. The van der Waals surface area contributed by atoms with Crippen LogP contribution in [0.2, 0.25) is 0 Å². The highest BCUT2D eigenvalue weighted by atomic mass is 32.2. The maximum atomic E-state index is 14.9. The highest BCUT2D eigenvalue weighted by Gasteiger charge is 2.54. The van der Waals surface area contributed by atoms with Crippen molar-refractivity contribution in [3.8, 4) is 0 Å². The Morgan fingerprint density at radius 3 is 2.46 bits per heavy atom. The minimum absolute atomic E-state index is 0.0277. The molecule has 2 aromatic carbocycles. The van der Waals surface area contributed by atoms with Gasteiger partial charge in [-0.25, -0.2) is 22.2 Å². The van der Waals surface area contributed by atoms with Gasteiger partial charge in [0.2, 0.25) is 5.91 Å². The smallest absolute Gasteiger partial charge is 0.248 e. The van der Waals surface area contributed by atoms with Gasteiger partial charge in [-0.1, -0.05) is 31.9 Å². The van der Waals surface area contributed by atoms with E-state index in [0.717, 1.165) is 31.2 Å².